The minimum absolute atomic E-state index is 0.673. The zero-order valence-electron chi connectivity index (χ0n) is 12.6. The summed E-state index contributed by atoms with van der Waals surface area (Å²) in [6.07, 6.45) is 8.26. The lowest BCUT2D eigenvalue weighted by molar-refractivity contribution is 0.373. The Morgan fingerprint density at radius 1 is 1.15 bits per heavy atom. The first-order valence-electron chi connectivity index (χ1n) is 7.82. The van der Waals surface area contributed by atoms with E-state index >= 15 is 0 Å². The van der Waals surface area contributed by atoms with Crippen molar-refractivity contribution in [3.05, 3.63) is 16.8 Å². The third-order valence-electron chi connectivity index (χ3n) is 4.24. The van der Waals surface area contributed by atoms with Gasteiger partial charge in [-0.25, -0.2) is 0 Å². The van der Waals surface area contributed by atoms with Crippen molar-refractivity contribution in [2.45, 2.75) is 58.8 Å². The minimum Gasteiger partial charge on any atom is -0.367 e. The van der Waals surface area contributed by atoms with Crippen LogP contribution in [0.25, 0.3) is 0 Å². The summed E-state index contributed by atoms with van der Waals surface area (Å²) in [6.45, 7) is 5.04. The predicted molar refractivity (Wildman–Crippen MR) is 80.6 cm³/mol. The average Bonchev–Trinajstić information content (AvgIpc) is 2.52. The Morgan fingerprint density at radius 2 is 1.90 bits per heavy atom. The molecule has 20 heavy (non-hydrogen) atoms. The van der Waals surface area contributed by atoms with E-state index in [4.69, 9.17) is 0 Å². The van der Waals surface area contributed by atoms with Crippen molar-refractivity contribution in [1.29, 1.82) is 5.26 Å². The van der Waals surface area contributed by atoms with Crippen LogP contribution < -0.4 is 5.32 Å². The molecule has 2 rings (SSSR count). The van der Waals surface area contributed by atoms with Gasteiger partial charge in [-0.2, -0.15) is 10.4 Å². The number of hydrogen-bond acceptors (Lipinski definition) is 4. The molecule has 4 heteroatoms. The summed E-state index contributed by atoms with van der Waals surface area (Å²) < 4.78 is 0. The second kappa shape index (κ2) is 7.23. The van der Waals surface area contributed by atoms with Crippen LogP contribution in [-0.4, -0.2) is 16.7 Å². The molecule has 0 aliphatic heterocycles. The van der Waals surface area contributed by atoms with Crippen molar-refractivity contribution in [1.82, 2.24) is 10.2 Å². The highest BCUT2D eigenvalue weighted by Gasteiger charge is 2.17. The van der Waals surface area contributed by atoms with E-state index in [-0.39, 0.29) is 0 Å². The topological polar surface area (TPSA) is 61.6 Å². The molecule has 1 aromatic rings. The van der Waals surface area contributed by atoms with E-state index in [2.05, 4.69) is 35.4 Å². The fraction of sp³-hybridized carbons (Fsp3) is 0.688. The molecule has 0 unspecified atom stereocenters. The van der Waals surface area contributed by atoms with Crippen LogP contribution in [0.3, 0.4) is 0 Å². The Kier molecular flexibility index (Phi) is 5.34. The smallest absolute Gasteiger partial charge is 0.166 e. The number of rotatable bonds is 5. The van der Waals surface area contributed by atoms with Crippen LogP contribution in [0, 0.1) is 17.2 Å². The van der Waals surface area contributed by atoms with Crippen molar-refractivity contribution in [3.8, 4) is 6.07 Å². The fourth-order valence-corrected chi connectivity index (χ4v) is 3.05. The van der Waals surface area contributed by atoms with Gasteiger partial charge in [0.25, 0.3) is 0 Å². The predicted octanol–water partition coefficient (Wildman–Crippen LogP) is 3.47. The number of anilines is 1. The lowest BCUT2D eigenvalue weighted by Gasteiger charge is -2.22. The van der Waals surface area contributed by atoms with Crippen molar-refractivity contribution in [2.24, 2.45) is 5.92 Å². The summed E-state index contributed by atoms with van der Waals surface area (Å²) in [6, 6.07) is 2.31. The van der Waals surface area contributed by atoms with Crippen molar-refractivity contribution in [3.63, 3.8) is 0 Å². The molecule has 108 valence electrons. The van der Waals surface area contributed by atoms with Crippen LogP contribution in [0.2, 0.25) is 0 Å². The molecule has 1 heterocycles. The lowest BCUT2D eigenvalue weighted by atomic mass is 9.89. The van der Waals surface area contributed by atoms with Gasteiger partial charge in [0.05, 0.1) is 5.69 Å². The van der Waals surface area contributed by atoms with Crippen LogP contribution in [0.1, 0.15) is 62.8 Å². The first-order chi connectivity index (χ1) is 9.80. The Hall–Kier alpha value is -1.63. The Balaban J connectivity index is 2.12. The van der Waals surface area contributed by atoms with Gasteiger partial charge in [0.2, 0.25) is 0 Å². The Labute approximate surface area is 121 Å². The molecule has 1 aliphatic rings. The molecular weight excluding hydrogens is 248 g/mol. The third kappa shape index (κ3) is 3.27. The van der Waals surface area contributed by atoms with Crippen LogP contribution in [-0.2, 0) is 12.8 Å². The van der Waals surface area contributed by atoms with Crippen LogP contribution in [0.4, 0.5) is 5.82 Å². The maximum absolute atomic E-state index is 9.43. The third-order valence-corrected chi connectivity index (χ3v) is 4.24. The molecule has 1 N–H and O–H groups in total. The zero-order valence-corrected chi connectivity index (χ0v) is 12.6. The van der Waals surface area contributed by atoms with Gasteiger partial charge in [-0.05, 0) is 37.2 Å². The molecule has 0 bridgehead atoms. The summed E-state index contributed by atoms with van der Waals surface area (Å²) in [5.41, 5.74) is 2.69. The molecule has 0 amide bonds. The van der Waals surface area contributed by atoms with Gasteiger partial charge >= 0.3 is 0 Å². The second-order valence-corrected chi connectivity index (χ2v) is 5.55. The van der Waals surface area contributed by atoms with Crippen molar-refractivity contribution in [2.75, 3.05) is 11.9 Å². The minimum atomic E-state index is 0.673. The molecule has 0 aromatic carbocycles. The molecule has 4 nitrogen and oxygen atoms in total. The van der Waals surface area contributed by atoms with Crippen LogP contribution in [0.5, 0.6) is 0 Å². The molecule has 1 fully saturated rings. The van der Waals surface area contributed by atoms with Crippen LogP contribution >= 0.6 is 0 Å². The standard InChI is InChI=1S/C16H24N4/c1-3-13-14(10-17)16(20-19-15(13)4-2)18-11-12-8-6-5-7-9-12/h12H,3-9,11H2,1-2H3,(H,18,20). The molecule has 0 spiro atoms. The highest BCUT2D eigenvalue weighted by molar-refractivity contribution is 5.56. The highest BCUT2D eigenvalue weighted by Crippen LogP contribution is 2.25. The van der Waals surface area contributed by atoms with E-state index in [0.29, 0.717) is 17.3 Å². The first-order valence-corrected chi connectivity index (χ1v) is 7.82. The zero-order chi connectivity index (χ0) is 14.4. The molecular formula is C16H24N4. The molecule has 0 atom stereocenters. The maximum Gasteiger partial charge on any atom is 0.166 e. The van der Waals surface area contributed by atoms with E-state index in [1.165, 1.54) is 32.1 Å². The average molecular weight is 272 g/mol. The number of hydrogen-bond donors (Lipinski definition) is 1. The van der Waals surface area contributed by atoms with Gasteiger partial charge in [0.15, 0.2) is 5.82 Å². The quantitative estimate of drug-likeness (QED) is 0.891. The maximum atomic E-state index is 9.43. The van der Waals surface area contributed by atoms with Crippen molar-refractivity contribution < 1.29 is 0 Å². The molecule has 0 saturated heterocycles. The largest absolute Gasteiger partial charge is 0.367 e. The number of aryl methyl sites for hydroxylation is 1. The fourth-order valence-electron chi connectivity index (χ4n) is 3.05. The van der Waals surface area contributed by atoms with E-state index in [9.17, 15) is 5.26 Å². The van der Waals surface area contributed by atoms with Gasteiger partial charge in [-0.1, -0.05) is 33.1 Å². The van der Waals surface area contributed by atoms with E-state index in [0.717, 1.165) is 30.6 Å². The molecule has 1 aromatic heterocycles. The van der Waals surface area contributed by atoms with E-state index < -0.39 is 0 Å². The first kappa shape index (κ1) is 14.8. The lowest BCUT2D eigenvalue weighted by Crippen LogP contribution is -2.19. The second-order valence-electron chi connectivity index (χ2n) is 5.55. The molecule has 0 radical (unpaired) electrons. The van der Waals surface area contributed by atoms with Crippen LogP contribution in [0.15, 0.2) is 0 Å². The van der Waals surface area contributed by atoms with E-state index in [1.807, 2.05) is 0 Å². The summed E-state index contributed by atoms with van der Waals surface area (Å²) in [5.74, 6) is 1.39. The number of nitriles is 1. The molecule has 1 saturated carbocycles. The number of aromatic nitrogens is 2. The number of nitrogens with zero attached hydrogens (tertiary/aromatic N) is 3. The highest BCUT2D eigenvalue weighted by atomic mass is 15.2. The summed E-state index contributed by atoms with van der Waals surface area (Å²) in [4.78, 5) is 0. The summed E-state index contributed by atoms with van der Waals surface area (Å²) >= 11 is 0. The van der Waals surface area contributed by atoms with Gasteiger partial charge in [-0.15, -0.1) is 5.10 Å². The van der Waals surface area contributed by atoms with Gasteiger partial charge in [0, 0.05) is 6.54 Å². The van der Waals surface area contributed by atoms with E-state index in [1.54, 1.807) is 0 Å². The SMILES string of the molecule is CCc1nnc(NCC2CCCCC2)c(C#N)c1CC. The Morgan fingerprint density at radius 3 is 2.50 bits per heavy atom. The monoisotopic (exact) mass is 272 g/mol. The number of nitrogens with one attached hydrogen (secondary N) is 1. The summed E-state index contributed by atoms with van der Waals surface area (Å²) in [7, 11) is 0. The normalized spacial score (nSPS) is 15.8. The van der Waals surface area contributed by atoms with Gasteiger partial charge in [-0.3, -0.25) is 0 Å². The summed E-state index contributed by atoms with van der Waals surface area (Å²) in [5, 5.41) is 21.3. The van der Waals surface area contributed by atoms with Crippen molar-refractivity contribution >= 4 is 5.82 Å². The van der Waals surface area contributed by atoms with Gasteiger partial charge in [0.1, 0.15) is 11.6 Å². The van der Waals surface area contributed by atoms with Gasteiger partial charge < -0.3 is 5.32 Å². The Bertz CT molecular complexity index is 484. The molecule has 1 aliphatic carbocycles.